The molecule has 1 aromatic carbocycles. The van der Waals surface area contributed by atoms with Crippen molar-refractivity contribution in [2.75, 3.05) is 0 Å². The van der Waals surface area contributed by atoms with Gasteiger partial charge < -0.3 is 5.11 Å². The summed E-state index contributed by atoms with van der Waals surface area (Å²) >= 11 is 5.79. The van der Waals surface area contributed by atoms with E-state index >= 15 is 0 Å². The lowest BCUT2D eigenvalue weighted by Crippen LogP contribution is -2.28. The molecule has 2 rings (SSSR count). The van der Waals surface area contributed by atoms with Crippen LogP contribution in [0, 0.1) is 0 Å². The first kappa shape index (κ1) is 20.1. The monoisotopic (exact) mass is 333 g/mol. The van der Waals surface area contributed by atoms with Crippen LogP contribution < -0.4 is 4.72 Å². The lowest BCUT2D eigenvalue weighted by Gasteiger charge is -2.10. The maximum absolute atomic E-state index is 11.8. The second-order valence-corrected chi connectivity index (χ2v) is 5.97. The Balaban J connectivity index is 0.000000713. The zero-order chi connectivity index (χ0) is 16.1. The summed E-state index contributed by atoms with van der Waals surface area (Å²) in [5, 5.41) is 7.61. The zero-order valence-corrected chi connectivity index (χ0v) is 14.1. The Bertz CT molecular complexity index is 406. The summed E-state index contributed by atoms with van der Waals surface area (Å²) in [5.74, 6) is 0.563. The van der Waals surface area contributed by atoms with Gasteiger partial charge in [-0.05, 0) is 30.5 Å². The number of halogens is 1. The molecule has 21 heavy (non-hydrogen) atoms. The summed E-state index contributed by atoms with van der Waals surface area (Å²) in [6, 6.07) is 7.98. The number of nitrogens with one attached hydrogen (secondary N) is 1. The average molecular weight is 334 g/mol. The fourth-order valence-corrected chi connectivity index (χ4v) is 3.32. The largest absolute Gasteiger partial charge is 0.483 e. The summed E-state index contributed by atoms with van der Waals surface area (Å²) in [5.41, 5.74) is 1.06. The minimum atomic E-state index is -0.961. The minimum Gasteiger partial charge on any atom is -0.483 e. The Morgan fingerprint density at radius 3 is 2.24 bits per heavy atom. The van der Waals surface area contributed by atoms with Gasteiger partial charge in [0.15, 0.2) is 0 Å². The van der Waals surface area contributed by atoms with E-state index in [1.54, 1.807) is 0 Å². The SMILES string of the molecule is CC.O=CO.O=S(Cc1ccc(Cl)cc1)NC1CCCC1. The van der Waals surface area contributed by atoms with E-state index in [2.05, 4.69) is 4.72 Å². The van der Waals surface area contributed by atoms with Crippen LogP contribution in [0.2, 0.25) is 5.02 Å². The summed E-state index contributed by atoms with van der Waals surface area (Å²) in [6.07, 6.45) is 4.84. The molecule has 1 fully saturated rings. The van der Waals surface area contributed by atoms with Crippen LogP contribution in [0.15, 0.2) is 24.3 Å². The fraction of sp³-hybridized carbons (Fsp3) is 0.533. The van der Waals surface area contributed by atoms with E-state index in [1.807, 2.05) is 38.1 Å². The molecule has 0 saturated heterocycles. The van der Waals surface area contributed by atoms with Gasteiger partial charge in [0.25, 0.3) is 6.47 Å². The molecule has 0 spiro atoms. The van der Waals surface area contributed by atoms with E-state index in [0.717, 1.165) is 23.4 Å². The van der Waals surface area contributed by atoms with Gasteiger partial charge in [-0.2, -0.15) is 0 Å². The van der Waals surface area contributed by atoms with Gasteiger partial charge in [-0.1, -0.05) is 50.4 Å². The molecule has 2 N–H and O–H groups in total. The quantitative estimate of drug-likeness (QED) is 0.824. The van der Waals surface area contributed by atoms with Crippen LogP contribution in [0.5, 0.6) is 0 Å². The van der Waals surface area contributed by atoms with E-state index in [-0.39, 0.29) is 6.47 Å². The summed E-state index contributed by atoms with van der Waals surface area (Å²) < 4.78 is 15.0. The maximum Gasteiger partial charge on any atom is 0.290 e. The molecule has 1 atom stereocenters. The third-order valence-corrected chi connectivity index (χ3v) is 4.31. The molecule has 1 saturated carbocycles. The molecule has 1 aliphatic carbocycles. The molecular weight excluding hydrogens is 310 g/mol. The van der Waals surface area contributed by atoms with E-state index in [0.29, 0.717) is 11.8 Å². The number of hydrogen-bond acceptors (Lipinski definition) is 2. The first-order valence-electron chi connectivity index (χ1n) is 7.12. The molecule has 0 aromatic heterocycles. The fourth-order valence-electron chi connectivity index (χ4n) is 2.00. The lowest BCUT2D eigenvalue weighted by atomic mass is 10.2. The van der Waals surface area contributed by atoms with Crippen molar-refractivity contribution in [2.45, 2.75) is 51.3 Å². The van der Waals surface area contributed by atoms with E-state index in [9.17, 15) is 4.21 Å². The number of benzene rings is 1. The second-order valence-electron chi connectivity index (χ2n) is 4.32. The second kappa shape index (κ2) is 12.8. The Hall–Kier alpha value is -0.910. The van der Waals surface area contributed by atoms with Crippen molar-refractivity contribution in [3.05, 3.63) is 34.9 Å². The molecule has 0 amide bonds. The number of hydrogen-bond donors (Lipinski definition) is 2. The maximum atomic E-state index is 11.8. The average Bonchev–Trinajstić information content (AvgIpc) is 2.97. The topological polar surface area (TPSA) is 66.4 Å². The van der Waals surface area contributed by atoms with Gasteiger partial charge in [0, 0.05) is 11.1 Å². The molecule has 6 heteroatoms. The van der Waals surface area contributed by atoms with Crippen LogP contribution in [0.4, 0.5) is 0 Å². The highest BCUT2D eigenvalue weighted by atomic mass is 35.5. The molecule has 1 unspecified atom stereocenters. The van der Waals surface area contributed by atoms with Gasteiger partial charge in [-0.15, -0.1) is 0 Å². The van der Waals surface area contributed by atoms with Crippen molar-refractivity contribution < 1.29 is 14.1 Å². The predicted molar refractivity (Wildman–Crippen MR) is 88.7 cm³/mol. The molecule has 0 aliphatic heterocycles. The van der Waals surface area contributed by atoms with E-state index in [1.165, 1.54) is 12.8 Å². The normalized spacial score (nSPS) is 15.2. The van der Waals surface area contributed by atoms with Crippen molar-refractivity contribution in [2.24, 2.45) is 0 Å². The zero-order valence-electron chi connectivity index (χ0n) is 12.5. The molecule has 1 aromatic rings. The van der Waals surface area contributed by atoms with Gasteiger partial charge in [0.2, 0.25) is 0 Å². The van der Waals surface area contributed by atoms with Crippen LogP contribution in [0.25, 0.3) is 0 Å². The Labute approximate surface area is 134 Å². The molecular formula is C15H24ClNO3S. The first-order valence-corrected chi connectivity index (χ1v) is 8.82. The highest BCUT2D eigenvalue weighted by Crippen LogP contribution is 2.18. The van der Waals surface area contributed by atoms with Crippen LogP contribution in [-0.2, 0) is 21.5 Å². The van der Waals surface area contributed by atoms with Gasteiger partial charge in [0.05, 0.1) is 16.7 Å². The molecule has 1 aliphatic rings. The van der Waals surface area contributed by atoms with Crippen molar-refractivity contribution >= 4 is 29.1 Å². The Morgan fingerprint density at radius 2 is 1.76 bits per heavy atom. The minimum absolute atomic E-state index is 0.250. The van der Waals surface area contributed by atoms with Crippen LogP contribution in [0.1, 0.15) is 45.1 Å². The lowest BCUT2D eigenvalue weighted by molar-refractivity contribution is -0.122. The van der Waals surface area contributed by atoms with Gasteiger partial charge >= 0.3 is 0 Å². The number of rotatable bonds is 4. The first-order chi connectivity index (χ1) is 10.2. The molecule has 4 nitrogen and oxygen atoms in total. The van der Waals surface area contributed by atoms with Crippen LogP contribution >= 0.6 is 11.6 Å². The summed E-state index contributed by atoms with van der Waals surface area (Å²) in [7, 11) is -0.961. The third-order valence-electron chi connectivity index (χ3n) is 2.86. The van der Waals surface area contributed by atoms with Gasteiger partial charge in [0.1, 0.15) is 0 Å². The predicted octanol–water partition coefficient (Wildman–Crippen LogP) is 3.76. The van der Waals surface area contributed by atoms with E-state index < -0.39 is 11.0 Å². The Kier molecular flexibility index (Phi) is 12.2. The van der Waals surface area contributed by atoms with Crippen LogP contribution in [-0.4, -0.2) is 21.8 Å². The molecule has 120 valence electrons. The highest BCUT2D eigenvalue weighted by molar-refractivity contribution is 7.82. The summed E-state index contributed by atoms with van der Waals surface area (Å²) in [6.45, 7) is 3.75. The smallest absolute Gasteiger partial charge is 0.290 e. The van der Waals surface area contributed by atoms with Crippen molar-refractivity contribution in [1.82, 2.24) is 4.72 Å². The van der Waals surface area contributed by atoms with Gasteiger partial charge in [-0.3, -0.25) is 4.79 Å². The molecule has 0 bridgehead atoms. The van der Waals surface area contributed by atoms with Crippen molar-refractivity contribution in [3.63, 3.8) is 0 Å². The van der Waals surface area contributed by atoms with Crippen molar-refractivity contribution in [3.8, 4) is 0 Å². The highest BCUT2D eigenvalue weighted by Gasteiger charge is 2.16. The Morgan fingerprint density at radius 1 is 1.29 bits per heavy atom. The van der Waals surface area contributed by atoms with Crippen molar-refractivity contribution in [1.29, 1.82) is 0 Å². The standard InChI is InChI=1S/C12H16ClNOS.C2H6.CH2O2/c13-11-7-5-10(6-8-11)9-16(15)14-12-3-1-2-4-12;1-2;2-1-3/h5-8,12,14H,1-4,9H2;1-2H3;1H,(H,2,3). The van der Waals surface area contributed by atoms with Crippen LogP contribution in [0.3, 0.4) is 0 Å². The van der Waals surface area contributed by atoms with E-state index in [4.69, 9.17) is 21.5 Å². The molecule has 0 radical (unpaired) electrons. The third kappa shape index (κ3) is 9.61. The number of carbonyl (C=O) groups is 1. The summed E-state index contributed by atoms with van der Waals surface area (Å²) in [4.78, 5) is 8.36. The molecule has 0 heterocycles. The van der Waals surface area contributed by atoms with Gasteiger partial charge in [-0.25, -0.2) is 8.93 Å². The number of carboxylic acid groups (broad SMARTS) is 1.